The van der Waals surface area contributed by atoms with Crippen molar-refractivity contribution in [3.05, 3.63) is 304 Å². The monoisotopic (exact) mass is 1100 g/mol. The van der Waals surface area contributed by atoms with Crippen LogP contribution in [-0.4, -0.2) is 45.8 Å². The first-order valence-electron chi connectivity index (χ1n) is 30.1. The maximum Gasteiger partial charge on any atom is 0.218 e. The minimum Gasteiger partial charge on any atom is -0.494 e. The zero-order chi connectivity index (χ0) is 57.6. The van der Waals surface area contributed by atoms with Crippen molar-refractivity contribution >= 4 is 45.1 Å². The zero-order valence-corrected chi connectivity index (χ0v) is 49.5. The van der Waals surface area contributed by atoms with Gasteiger partial charge in [0.05, 0.1) is 40.6 Å². The van der Waals surface area contributed by atoms with E-state index in [0.29, 0.717) is 6.61 Å². The van der Waals surface area contributed by atoms with Gasteiger partial charge in [-0.2, -0.15) is 0 Å². The molecule has 0 radical (unpaired) electrons. The number of fused-ring (bicyclic) bond motifs is 4. The molecule has 0 saturated carbocycles. The third kappa shape index (κ3) is 12.6. The van der Waals surface area contributed by atoms with Crippen LogP contribution in [0.1, 0.15) is 119 Å². The standard InChI is InChI=1S/C77H74N6O/c1-76(2,3)61-50-54(51-62(52-61)77(4,5)6)53-83-47-42-56(43-48-83)55-40-45-82(46-41-55)44-20-9-7-8-10-21-49-84-63-30-28-60(29-31-63)75-70-38-36-68(80-70)73(58-24-16-12-17-25-58)66-34-32-64(78-66)72(57-22-14-11-15-23-57)65-33-35-67(79-65)74(59-26-18-13-19-27-59)69-37-39-71(75)81-69/h11-19,22-43,45-48,50-52H,7-10,20-21,44,49,53H2,1-6H3/p+2. The molecule has 7 heterocycles. The SMILES string of the molecule is CC(C)(C)c1cc(CN2C=CC(=C3C=CN(CCCCCCCCOc4ccc(C5=C6C=CC(=N6)C(c6ccccc6)=C6C=CC(=[NH+]6)C(c6ccccc6)=C6C=CC(=[NH+]6)C(c6ccccc6)=C6C=CC5=N6)cc4)C=C3)C=C2)cc(C(C)(C)C)c1. The highest BCUT2D eigenvalue weighted by Gasteiger charge is 2.33. The van der Waals surface area contributed by atoms with E-state index in [1.165, 1.54) is 53.5 Å². The summed E-state index contributed by atoms with van der Waals surface area (Å²) >= 11 is 0. The predicted molar refractivity (Wildman–Crippen MR) is 350 cm³/mol. The Labute approximate surface area is 497 Å². The number of ether oxygens (including phenoxy) is 1. The Hall–Kier alpha value is -9.20. The summed E-state index contributed by atoms with van der Waals surface area (Å²) < 4.78 is 6.38. The van der Waals surface area contributed by atoms with Gasteiger partial charge in [0.25, 0.3) is 0 Å². The van der Waals surface area contributed by atoms with Crippen molar-refractivity contribution in [3.8, 4) is 5.75 Å². The maximum absolute atomic E-state index is 6.38. The molecule has 7 aliphatic rings. The van der Waals surface area contributed by atoms with Gasteiger partial charge in [0, 0.05) is 67.8 Å². The molecule has 84 heavy (non-hydrogen) atoms. The topological polar surface area (TPSA) is 68.4 Å². The fraction of sp³-hybridized carbons (Fsp3) is 0.221. The van der Waals surface area contributed by atoms with Crippen molar-refractivity contribution in [1.82, 2.24) is 9.80 Å². The molecule has 0 amide bonds. The number of unbranched alkanes of at least 4 members (excludes halogenated alkanes) is 5. The molecular weight excluding hydrogens is 1020 g/mol. The Bertz CT molecular complexity index is 3810. The van der Waals surface area contributed by atoms with E-state index in [0.717, 1.165) is 122 Å². The number of allylic oxidation sites excluding steroid dienone is 18. The Morgan fingerprint density at radius 3 is 1.42 bits per heavy atom. The quantitative estimate of drug-likeness (QED) is 0.0968. The first-order chi connectivity index (χ1) is 40.9. The van der Waals surface area contributed by atoms with E-state index in [9.17, 15) is 0 Å². The molecule has 0 saturated heterocycles. The summed E-state index contributed by atoms with van der Waals surface area (Å²) in [4.78, 5) is 23.3. The fourth-order valence-corrected chi connectivity index (χ4v) is 11.7. The summed E-state index contributed by atoms with van der Waals surface area (Å²) in [5, 5.41) is 0. The fourth-order valence-electron chi connectivity index (χ4n) is 11.7. The Morgan fingerprint density at radius 1 is 0.405 bits per heavy atom. The number of benzene rings is 5. The molecule has 2 N–H and O–H groups in total. The molecule has 5 aromatic rings. The molecular formula is C77H76N6O+2. The maximum atomic E-state index is 6.38. The smallest absolute Gasteiger partial charge is 0.218 e. The van der Waals surface area contributed by atoms with E-state index in [2.05, 4.69) is 292 Å². The van der Waals surface area contributed by atoms with Crippen LogP contribution in [0, 0.1) is 0 Å². The lowest BCUT2D eigenvalue weighted by molar-refractivity contribution is -0.388. The van der Waals surface area contributed by atoms with E-state index in [1.54, 1.807) is 0 Å². The molecule has 0 fully saturated rings. The van der Waals surface area contributed by atoms with Gasteiger partial charge in [-0.3, -0.25) is 0 Å². The second-order valence-electron chi connectivity index (χ2n) is 24.6. The molecule has 7 nitrogen and oxygen atoms in total. The van der Waals surface area contributed by atoms with E-state index in [4.69, 9.17) is 14.7 Å². The molecule has 8 bridgehead atoms. The van der Waals surface area contributed by atoms with Crippen LogP contribution in [0.15, 0.2) is 275 Å². The van der Waals surface area contributed by atoms with Crippen LogP contribution >= 0.6 is 0 Å². The van der Waals surface area contributed by atoms with Gasteiger partial charge in [-0.15, -0.1) is 0 Å². The lowest BCUT2D eigenvalue weighted by atomic mass is 9.79. The van der Waals surface area contributed by atoms with Crippen molar-refractivity contribution in [2.24, 2.45) is 9.98 Å². The Kier molecular flexibility index (Phi) is 16.0. The largest absolute Gasteiger partial charge is 0.494 e. The zero-order valence-electron chi connectivity index (χ0n) is 49.5. The van der Waals surface area contributed by atoms with Crippen LogP contribution in [0.2, 0.25) is 0 Å². The summed E-state index contributed by atoms with van der Waals surface area (Å²) in [5.41, 5.74) is 22.7. The van der Waals surface area contributed by atoms with Crippen molar-refractivity contribution in [1.29, 1.82) is 0 Å². The average Bonchev–Trinajstić information content (AvgIpc) is 3.10. The average molecular weight is 1100 g/mol. The van der Waals surface area contributed by atoms with E-state index >= 15 is 0 Å². The first kappa shape index (κ1) is 55.3. The van der Waals surface area contributed by atoms with E-state index in [-0.39, 0.29) is 10.8 Å². The highest BCUT2D eigenvalue weighted by molar-refractivity contribution is 6.37. The minimum absolute atomic E-state index is 0.104. The van der Waals surface area contributed by atoms with Gasteiger partial charge in [-0.05, 0) is 135 Å². The van der Waals surface area contributed by atoms with Gasteiger partial charge in [0.1, 0.15) is 11.3 Å². The van der Waals surface area contributed by atoms with Gasteiger partial charge < -0.3 is 14.5 Å². The van der Waals surface area contributed by atoms with Crippen LogP contribution in [0.3, 0.4) is 0 Å². The molecule has 418 valence electrons. The van der Waals surface area contributed by atoms with Crippen LogP contribution in [0.5, 0.6) is 5.75 Å². The predicted octanol–water partition coefficient (Wildman–Crippen LogP) is 14.3. The van der Waals surface area contributed by atoms with Gasteiger partial charge in [-0.25, -0.2) is 20.0 Å². The number of hydrogen-bond acceptors (Lipinski definition) is 5. The van der Waals surface area contributed by atoms with Crippen LogP contribution in [0.25, 0.3) is 22.3 Å². The summed E-state index contributed by atoms with van der Waals surface area (Å²) in [6.07, 6.45) is 42.2. The minimum atomic E-state index is 0.104. The number of hydrogen-bond donors (Lipinski definition) is 2. The molecule has 0 unspecified atom stereocenters. The molecule has 0 aliphatic carbocycles. The summed E-state index contributed by atoms with van der Waals surface area (Å²) in [7, 11) is 0. The lowest BCUT2D eigenvalue weighted by Gasteiger charge is -2.27. The molecule has 7 heteroatoms. The summed E-state index contributed by atoms with van der Waals surface area (Å²) in [6.45, 7) is 16.4. The van der Waals surface area contributed by atoms with Crippen molar-refractivity contribution in [2.45, 2.75) is 97.4 Å². The second kappa shape index (κ2) is 24.3. The number of nitrogens with zero attached hydrogens (tertiary/aromatic N) is 4. The third-order valence-electron chi connectivity index (χ3n) is 16.4. The summed E-state index contributed by atoms with van der Waals surface area (Å²) in [5.74, 6) is 0.863. The van der Waals surface area contributed by atoms with E-state index in [1.807, 2.05) is 0 Å². The second-order valence-corrected chi connectivity index (χ2v) is 24.6. The number of nitrogens with one attached hydrogen (secondary N) is 2. The van der Waals surface area contributed by atoms with E-state index < -0.39 is 0 Å². The van der Waals surface area contributed by atoms with Gasteiger partial charge >= 0.3 is 0 Å². The van der Waals surface area contributed by atoms with Crippen molar-refractivity contribution < 1.29 is 14.7 Å². The molecule has 0 spiro atoms. The molecule has 0 atom stereocenters. The van der Waals surface area contributed by atoms with Crippen molar-refractivity contribution in [2.75, 3.05) is 13.2 Å². The van der Waals surface area contributed by atoms with Gasteiger partial charge in [0.15, 0.2) is 0 Å². The molecule has 5 aromatic carbocycles. The summed E-state index contributed by atoms with van der Waals surface area (Å²) in [6, 6.07) is 47.4. The number of aliphatic imine (C=N–C) groups is 2. The highest BCUT2D eigenvalue weighted by atomic mass is 16.5. The molecule has 7 aliphatic heterocycles. The van der Waals surface area contributed by atoms with Crippen molar-refractivity contribution in [3.63, 3.8) is 0 Å². The normalized spacial score (nSPS) is 17.2. The lowest BCUT2D eigenvalue weighted by Crippen LogP contribution is -2.71. The first-order valence-corrected chi connectivity index (χ1v) is 30.1. The molecule has 12 rings (SSSR count). The Balaban J connectivity index is 0.680. The van der Waals surface area contributed by atoms with Gasteiger partial charge in [0.2, 0.25) is 22.8 Å². The Morgan fingerprint density at radius 2 is 0.857 bits per heavy atom. The molecule has 0 aromatic heterocycles. The highest BCUT2D eigenvalue weighted by Crippen LogP contribution is 2.37. The third-order valence-corrected chi connectivity index (χ3v) is 16.4. The van der Waals surface area contributed by atoms with Gasteiger partial charge in [-0.1, -0.05) is 189 Å². The number of rotatable bonds is 16. The van der Waals surface area contributed by atoms with Crippen LogP contribution in [-0.2, 0) is 17.4 Å². The van der Waals surface area contributed by atoms with Crippen LogP contribution < -0.4 is 14.7 Å². The van der Waals surface area contributed by atoms with Crippen LogP contribution in [0.4, 0.5) is 0 Å².